The zero-order chi connectivity index (χ0) is 12.3. The van der Waals surface area contributed by atoms with Crippen LogP contribution in [0, 0.1) is 6.92 Å². The van der Waals surface area contributed by atoms with E-state index in [-0.39, 0.29) is 5.97 Å². The van der Waals surface area contributed by atoms with Crippen LogP contribution in [0.15, 0.2) is 24.3 Å². The summed E-state index contributed by atoms with van der Waals surface area (Å²) in [5.41, 5.74) is 1.67. The molecule has 0 unspecified atom stereocenters. The first kappa shape index (κ1) is 12.0. The molecule has 0 bridgehead atoms. The molecule has 92 valence electrons. The monoisotopic (exact) mass is 233 g/mol. The molecule has 0 saturated heterocycles. The van der Waals surface area contributed by atoms with Crippen LogP contribution in [0.25, 0.3) is 0 Å². The predicted molar refractivity (Wildman–Crippen MR) is 68.0 cm³/mol. The lowest BCUT2D eigenvalue weighted by Gasteiger charge is -2.29. The molecule has 0 radical (unpaired) electrons. The van der Waals surface area contributed by atoms with E-state index in [0.29, 0.717) is 0 Å². The Morgan fingerprint density at radius 1 is 1.29 bits per heavy atom. The molecule has 0 spiro atoms. The first-order chi connectivity index (χ1) is 8.18. The summed E-state index contributed by atoms with van der Waals surface area (Å²) in [5.74, 6) is -0.141. The molecule has 17 heavy (non-hydrogen) atoms. The second kappa shape index (κ2) is 4.78. The minimum absolute atomic E-state index is 0.141. The van der Waals surface area contributed by atoms with E-state index in [1.165, 1.54) is 7.11 Å². The van der Waals surface area contributed by atoms with E-state index in [4.69, 9.17) is 4.74 Å². The number of carbonyl (C=O) groups is 1. The maximum atomic E-state index is 12.0. The van der Waals surface area contributed by atoms with Crippen LogP contribution in [-0.4, -0.2) is 18.6 Å². The van der Waals surface area contributed by atoms with Crippen molar-refractivity contribution < 1.29 is 9.53 Å². The summed E-state index contributed by atoms with van der Waals surface area (Å²) in [6, 6.07) is 8.04. The lowest BCUT2D eigenvalue weighted by atomic mass is 9.96. The Balaban J connectivity index is 2.25. The first-order valence-electron chi connectivity index (χ1n) is 6.10. The Labute approximate surface area is 102 Å². The minimum atomic E-state index is -0.513. The fourth-order valence-electron chi connectivity index (χ4n) is 2.53. The molecule has 1 fully saturated rings. The smallest absolute Gasteiger partial charge is 0.331 e. The Morgan fingerprint density at radius 2 is 1.94 bits per heavy atom. The van der Waals surface area contributed by atoms with Crippen LogP contribution in [0.5, 0.6) is 0 Å². The molecule has 0 heterocycles. The number of rotatable bonds is 3. The molecule has 1 aliphatic rings. The summed E-state index contributed by atoms with van der Waals surface area (Å²) >= 11 is 0. The topological polar surface area (TPSA) is 38.3 Å². The fraction of sp³-hybridized carbons (Fsp3) is 0.500. The maximum Gasteiger partial charge on any atom is 0.331 e. The highest BCUT2D eigenvalue weighted by atomic mass is 16.5. The second-order valence-corrected chi connectivity index (χ2v) is 4.72. The highest BCUT2D eigenvalue weighted by Crippen LogP contribution is 2.34. The third kappa shape index (κ3) is 2.28. The average Bonchev–Trinajstić information content (AvgIpc) is 2.81. The van der Waals surface area contributed by atoms with Crippen molar-refractivity contribution in [1.82, 2.24) is 0 Å². The SMILES string of the molecule is COC(=O)C1(Nc2ccccc2C)CCCC1. The number of anilines is 1. The van der Waals surface area contributed by atoms with E-state index in [2.05, 4.69) is 5.32 Å². The van der Waals surface area contributed by atoms with E-state index in [1.807, 2.05) is 31.2 Å². The average molecular weight is 233 g/mol. The van der Waals surface area contributed by atoms with Gasteiger partial charge in [0.05, 0.1) is 7.11 Å². The summed E-state index contributed by atoms with van der Waals surface area (Å²) < 4.78 is 4.95. The lowest BCUT2D eigenvalue weighted by Crippen LogP contribution is -2.44. The van der Waals surface area contributed by atoms with Gasteiger partial charge in [0, 0.05) is 5.69 Å². The largest absolute Gasteiger partial charge is 0.467 e. The van der Waals surface area contributed by atoms with E-state index in [9.17, 15) is 4.79 Å². The van der Waals surface area contributed by atoms with Gasteiger partial charge in [0.2, 0.25) is 0 Å². The van der Waals surface area contributed by atoms with Crippen molar-refractivity contribution in [3.63, 3.8) is 0 Å². The number of hydrogen-bond donors (Lipinski definition) is 1. The number of benzene rings is 1. The minimum Gasteiger partial charge on any atom is -0.467 e. The molecule has 1 aromatic rings. The molecule has 2 rings (SSSR count). The van der Waals surface area contributed by atoms with Crippen molar-refractivity contribution in [3.05, 3.63) is 29.8 Å². The number of carbonyl (C=O) groups excluding carboxylic acids is 1. The van der Waals surface area contributed by atoms with Crippen LogP contribution in [0.2, 0.25) is 0 Å². The Kier molecular flexibility index (Phi) is 3.36. The van der Waals surface area contributed by atoms with E-state index in [1.54, 1.807) is 0 Å². The van der Waals surface area contributed by atoms with Crippen LogP contribution in [0.1, 0.15) is 31.2 Å². The van der Waals surface area contributed by atoms with Crippen LogP contribution >= 0.6 is 0 Å². The van der Waals surface area contributed by atoms with Crippen LogP contribution < -0.4 is 5.32 Å². The summed E-state index contributed by atoms with van der Waals surface area (Å²) in [7, 11) is 1.46. The number of aryl methyl sites for hydroxylation is 1. The molecule has 3 heteroatoms. The zero-order valence-corrected chi connectivity index (χ0v) is 10.5. The van der Waals surface area contributed by atoms with E-state index >= 15 is 0 Å². The van der Waals surface area contributed by atoms with Gasteiger partial charge in [0.25, 0.3) is 0 Å². The molecule has 0 atom stereocenters. The first-order valence-corrected chi connectivity index (χ1v) is 6.10. The van der Waals surface area contributed by atoms with E-state index < -0.39 is 5.54 Å². The molecular weight excluding hydrogens is 214 g/mol. The highest BCUT2D eigenvalue weighted by molar-refractivity contribution is 5.85. The number of para-hydroxylation sites is 1. The van der Waals surface area contributed by atoms with Crippen molar-refractivity contribution >= 4 is 11.7 Å². The molecule has 0 aromatic heterocycles. The van der Waals surface area contributed by atoms with Gasteiger partial charge >= 0.3 is 5.97 Å². The molecule has 1 saturated carbocycles. The maximum absolute atomic E-state index is 12.0. The lowest BCUT2D eigenvalue weighted by molar-refractivity contribution is -0.145. The zero-order valence-electron chi connectivity index (χ0n) is 10.5. The van der Waals surface area contributed by atoms with Gasteiger partial charge < -0.3 is 10.1 Å². The van der Waals surface area contributed by atoms with E-state index in [0.717, 1.165) is 36.9 Å². The molecule has 1 N–H and O–H groups in total. The molecule has 0 amide bonds. The summed E-state index contributed by atoms with van der Waals surface area (Å²) in [5, 5.41) is 3.40. The van der Waals surface area contributed by atoms with Gasteiger partial charge in [-0.3, -0.25) is 0 Å². The van der Waals surface area contributed by atoms with Crippen molar-refractivity contribution in [2.24, 2.45) is 0 Å². The number of esters is 1. The van der Waals surface area contributed by atoms with Crippen molar-refractivity contribution in [1.29, 1.82) is 0 Å². The summed E-state index contributed by atoms with van der Waals surface area (Å²) in [6.07, 6.45) is 3.87. The highest BCUT2D eigenvalue weighted by Gasteiger charge is 2.42. The summed E-state index contributed by atoms with van der Waals surface area (Å²) in [4.78, 5) is 12.0. The number of methoxy groups -OCH3 is 1. The molecule has 1 aromatic carbocycles. The van der Waals surface area contributed by atoms with Gasteiger partial charge in [0.15, 0.2) is 0 Å². The molecule has 1 aliphatic carbocycles. The molecule has 3 nitrogen and oxygen atoms in total. The van der Waals surface area contributed by atoms with Crippen LogP contribution in [0.3, 0.4) is 0 Å². The van der Waals surface area contributed by atoms with Crippen LogP contribution in [-0.2, 0) is 9.53 Å². The summed E-state index contributed by atoms with van der Waals surface area (Å²) in [6.45, 7) is 2.04. The normalized spacial score (nSPS) is 17.8. The van der Waals surface area contributed by atoms with Crippen molar-refractivity contribution in [2.45, 2.75) is 38.1 Å². The van der Waals surface area contributed by atoms with Gasteiger partial charge in [0.1, 0.15) is 5.54 Å². The standard InChI is InChI=1S/C14H19NO2/c1-11-7-3-4-8-12(11)15-14(13(16)17-2)9-5-6-10-14/h3-4,7-8,15H,5-6,9-10H2,1-2H3. The Hall–Kier alpha value is -1.51. The van der Waals surface area contributed by atoms with Crippen molar-refractivity contribution in [3.8, 4) is 0 Å². The van der Waals surface area contributed by atoms with Gasteiger partial charge in [-0.1, -0.05) is 31.0 Å². The number of nitrogens with one attached hydrogen (secondary N) is 1. The van der Waals surface area contributed by atoms with Gasteiger partial charge in [-0.2, -0.15) is 0 Å². The number of ether oxygens (including phenoxy) is 1. The predicted octanol–water partition coefficient (Wildman–Crippen LogP) is 2.89. The fourth-order valence-corrected chi connectivity index (χ4v) is 2.53. The Bertz CT molecular complexity index is 408. The van der Waals surface area contributed by atoms with Gasteiger partial charge in [-0.15, -0.1) is 0 Å². The van der Waals surface area contributed by atoms with Gasteiger partial charge in [-0.05, 0) is 31.4 Å². The molecule has 0 aliphatic heterocycles. The quantitative estimate of drug-likeness (QED) is 0.816. The van der Waals surface area contributed by atoms with Gasteiger partial charge in [-0.25, -0.2) is 4.79 Å². The second-order valence-electron chi connectivity index (χ2n) is 4.72. The molecular formula is C14H19NO2. The number of hydrogen-bond acceptors (Lipinski definition) is 3. The van der Waals surface area contributed by atoms with Crippen molar-refractivity contribution in [2.75, 3.05) is 12.4 Å². The van der Waals surface area contributed by atoms with Crippen LogP contribution in [0.4, 0.5) is 5.69 Å². The third-order valence-corrected chi connectivity index (χ3v) is 3.55. The Morgan fingerprint density at radius 3 is 2.53 bits per heavy atom. The third-order valence-electron chi connectivity index (χ3n) is 3.55.